The molecule has 19 heavy (non-hydrogen) atoms. The number of likely N-dealkylation sites (N-methyl/N-ethyl adjacent to an activating group) is 1. The van der Waals surface area contributed by atoms with Crippen molar-refractivity contribution in [1.29, 1.82) is 0 Å². The lowest BCUT2D eigenvalue weighted by atomic mass is 9.99. The van der Waals surface area contributed by atoms with E-state index in [4.69, 9.17) is 4.74 Å². The molecule has 0 amide bonds. The Hall–Kier alpha value is -1.32. The number of hydrogen-bond acceptors (Lipinski definition) is 2. The number of halogens is 1. The lowest BCUT2D eigenvalue weighted by molar-refractivity contribution is 0.413. The Morgan fingerprint density at radius 1 is 1.16 bits per heavy atom. The lowest BCUT2D eigenvalue weighted by Gasteiger charge is -2.17. The molecule has 0 aliphatic carbocycles. The van der Waals surface area contributed by atoms with Gasteiger partial charge in [-0.1, -0.05) is 40.2 Å². The van der Waals surface area contributed by atoms with Gasteiger partial charge in [-0.05, 0) is 48.9 Å². The maximum Gasteiger partial charge on any atom is 0.119 e. The van der Waals surface area contributed by atoms with Crippen LogP contribution in [0.25, 0.3) is 0 Å². The van der Waals surface area contributed by atoms with Crippen LogP contribution < -0.4 is 10.1 Å². The van der Waals surface area contributed by atoms with Crippen LogP contribution >= 0.6 is 15.9 Å². The molecule has 2 nitrogen and oxygen atoms in total. The highest BCUT2D eigenvalue weighted by atomic mass is 79.9. The highest BCUT2D eigenvalue weighted by Crippen LogP contribution is 2.23. The van der Waals surface area contributed by atoms with E-state index in [0.717, 1.165) is 16.6 Å². The summed E-state index contributed by atoms with van der Waals surface area (Å²) < 4.78 is 6.40. The van der Waals surface area contributed by atoms with Gasteiger partial charge in [-0.25, -0.2) is 0 Å². The summed E-state index contributed by atoms with van der Waals surface area (Å²) in [6.07, 6.45) is 0.948. The maximum absolute atomic E-state index is 5.28. The summed E-state index contributed by atoms with van der Waals surface area (Å²) >= 11 is 3.51. The van der Waals surface area contributed by atoms with Crippen LogP contribution in [-0.2, 0) is 6.42 Å². The SMILES string of the molecule is CNC(Cc1cccc(Br)c1)c1cccc(OC)c1. The molecule has 0 saturated heterocycles. The standard InChI is InChI=1S/C16H18BrNO/c1-18-16(10-12-5-3-7-14(17)9-12)13-6-4-8-15(11-13)19-2/h3-9,11,16,18H,10H2,1-2H3. The molecule has 100 valence electrons. The average Bonchev–Trinajstić information content (AvgIpc) is 2.45. The number of hydrogen-bond donors (Lipinski definition) is 1. The predicted octanol–water partition coefficient (Wildman–Crippen LogP) is 3.96. The van der Waals surface area contributed by atoms with Gasteiger partial charge in [0.15, 0.2) is 0 Å². The highest BCUT2D eigenvalue weighted by Gasteiger charge is 2.11. The second-order valence-electron chi connectivity index (χ2n) is 4.45. The van der Waals surface area contributed by atoms with Crippen molar-refractivity contribution in [1.82, 2.24) is 5.32 Å². The zero-order valence-corrected chi connectivity index (χ0v) is 12.8. The van der Waals surface area contributed by atoms with Crippen LogP contribution in [0.15, 0.2) is 53.0 Å². The minimum atomic E-state index is 0.282. The van der Waals surface area contributed by atoms with Crippen LogP contribution in [0.4, 0.5) is 0 Å². The molecule has 0 heterocycles. The van der Waals surface area contributed by atoms with Gasteiger partial charge in [0.05, 0.1) is 7.11 Å². The summed E-state index contributed by atoms with van der Waals surface area (Å²) in [6.45, 7) is 0. The molecule has 3 heteroatoms. The Morgan fingerprint density at radius 3 is 2.63 bits per heavy atom. The minimum absolute atomic E-state index is 0.282. The molecule has 1 atom stereocenters. The van der Waals surface area contributed by atoms with E-state index in [1.165, 1.54) is 11.1 Å². The molecule has 2 aromatic carbocycles. The first-order valence-electron chi connectivity index (χ1n) is 6.28. The quantitative estimate of drug-likeness (QED) is 0.900. The molecule has 2 aromatic rings. The molecule has 0 fully saturated rings. The zero-order valence-electron chi connectivity index (χ0n) is 11.2. The molecule has 0 saturated carbocycles. The van der Waals surface area contributed by atoms with E-state index in [9.17, 15) is 0 Å². The molecular weight excluding hydrogens is 302 g/mol. The first-order chi connectivity index (χ1) is 9.22. The maximum atomic E-state index is 5.28. The van der Waals surface area contributed by atoms with Crippen LogP contribution in [0.1, 0.15) is 17.2 Å². The van der Waals surface area contributed by atoms with Gasteiger partial charge >= 0.3 is 0 Å². The number of rotatable bonds is 5. The molecule has 0 aliphatic rings. The summed E-state index contributed by atoms with van der Waals surface area (Å²) in [5.41, 5.74) is 2.54. The van der Waals surface area contributed by atoms with E-state index < -0.39 is 0 Å². The minimum Gasteiger partial charge on any atom is -0.497 e. The number of benzene rings is 2. The molecule has 1 unspecified atom stereocenters. The molecule has 0 radical (unpaired) electrons. The Morgan fingerprint density at radius 2 is 1.95 bits per heavy atom. The fourth-order valence-corrected chi connectivity index (χ4v) is 2.59. The molecular formula is C16H18BrNO. The van der Waals surface area contributed by atoms with Crippen molar-refractivity contribution < 1.29 is 4.74 Å². The van der Waals surface area contributed by atoms with Gasteiger partial charge in [-0.2, -0.15) is 0 Å². The van der Waals surface area contributed by atoms with Crippen molar-refractivity contribution in [3.8, 4) is 5.75 Å². The Balaban J connectivity index is 2.19. The first kappa shape index (κ1) is 14.1. The predicted molar refractivity (Wildman–Crippen MR) is 82.6 cm³/mol. The van der Waals surface area contributed by atoms with Crippen LogP contribution in [0.2, 0.25) is 0 Å². The van der Waals surface area contributed by atoms with E-state index in [1.54, 1.807) is 7.11 Å². The third kappa shape index (κ3) is 3.82. The Labute approximate surface area is 122 Å². The van der Waals surface area contributed by atoms with E-state index in [-0.39, 0.29) is 6.04 Å². The van der Waals surface area contributed by atoms with Crippen LogP contribution in [0, 0.1) is 0 Å². The van der Waals surface area contributed by atoms with Gasteiger partial charge in [0.2, 0.25) is 0 Å². The van der Waals surface area contributed by atoms with Crippen LogP contribution in [-0.4, -0.2) is 14.2 Å². The van der Waals surface area contributed by atoms with Gasteiger partial charge in [0, 0.05) is 10.5 Å². The first-order valence-corrected chi connectivity index (χ1v) is 7.08. The summed E-state index contributed by atoms with van der Waals surface area (Å²) in [7, 11) is 3.68. The van der Waals surface area contributed by atoms with Gasteiger partial charge in [-0.3, -0.25) is 0 Å². The summed E-state index contributed by atoms with van der Waals surface area (Å²) in [5, 5.41) is 3.37. The lowest BCUT2D eigenvalue weighted by Crippen LogP contribution is -2.18. The highest BCUT2D eigenvalue weighted by molar-refractivity contribution is 9.10. The van der Waals surface area contributed by atoms with Gasteiger partial charge in [0.25, 0.3) is 0 Å². The Bertz CT molecular complexity index is 542. The number of ether oxygens (including phenoxy) is 1. The fourth-order valence-electron chi connectivity index (χ4n) is 2.14. The van der Waals surface area contributed by atoms with Crippen LogP contribution in [0.5, 0.6) is 5.75 Å². The van der Waals surface area contributed by atoms with Crippen LogP contribution in [0.3, 0.4) is 0 Å². The monoisotopic (exact) mass is 319 g/mol. The second-order valence-corrected chi connectivity index (χ2v) is 5.37. The van der Waals surface area contributed by atoms with E-state index in [2.05, 4.69) is 51.6 Å². The number of nitrogens with one attached hydrogen (secondary N) is 1. The van der Waals surface area contributed by atoms with E-state index >= 15 is 0 Å². The van der Waals surface area contributed by atoms with Crippen molar-refractivity contribution in [2.45, 2.75) is 12.5 Å². The molecule has 0 bridgehead atoms. The molecule has 0 spiro atoms. The van der Waals surface area contributed by atoms with Crippen molar-refractivity contribution in [2.75, 3.05) is 14.2 Å². The van der Waals surface area contributed by atoms with Crippen molar-refractivity contribution in [2.24, 2.45) is 0 Å². The molecule has 1 N–H and O–H groups in total. The molecule has 0 aromatic heterocycles. The van der Waals surface area contributed by atoms with Gasteiger partial charge in [0.1, 0.15) is 5.75 Å². The summed E-state index contributed by atoms with van der Waals surface area (Å²) in [4.78, 5) is 0. The summed E-state index contributed by atoms with van der Waals surface area (Å²) in [5.74, 6) is 0.895. The second kappa shape index (κ2) is 6.73. The van der Waals surface area contributed by atoms with Gasteiger partial charge in [-0.15, -0.1) is 0 Å². The van der Waals surface area contributed by atoms with E-state index in [1.807, 2.05) is 25.2 Å². The number of methoxy groups -OCH3 is 1. The normalized spacial score (nSPS) is 12.2. The summed E-state index contributed by atoms with van der Waals surface area (Å²) in [6, 6.07) is 16.9. The molecule has 2 rings (SSSR count). The largest absolute Gasteiger partial charge is 0.497 e. The molecule has 0 aliphatic heterocycles. The average molecular weight is 320 g/mol. The Kier molecular flexibility index (Phi) is 5.00. The fraction of sp³-hybridized carbons (Fsp3) is 0.250. The zero-order chi connectivity index (χ0) is 13.7. The topological polar surface area (TPSA) is 21.3 Å². The van der Waals surface area contributed by atoms with E-state index in [0.29, 0.717) is 0 Å². The third-order valence-corrected chi connectivity index (χ3v) is 3.67. The van der Waals surface area contributed by atoms with Crippen molar-refractivity contribution in [3.05, 3.63) is 64.1 Å². The van der Waals surface area contributed by atoms with Gasteiger partial charge < -0.3 is 10.1 Å². The van der Waals surface area contributed by atoms with Crippen molar-refractivity contribution in [3.63, 3.8) is 0 Å². The third-order valence-electron chi connectivity index (χ3n) is 3.17. The van der Waals surface area contributed by atoms with Crippen molar-refractivity contribution >= 4 is 15.9 Å². The smallest absolute Gasteiger partial charge is 0.119 e.